The number of nitrogens with one attached hydrogen (secondary N) is 1. The largest absolute Gasteiger partial charge is 0.385 e. The zero-order valence-corrected chi connectivity index (χ0v) is 17.4. The van der Waals surface area contributed by atoms with Gasteiger partial charge >= 0.3 is 0 Å². The van der Waals surface area contributed by atoms with Gasteiger partial charge in [-0.25, -0.2) is 0 Å². The van der Waals surface area contributed by atoms with Crippen LogP contribution < -0.4 is 10.2 Å². The first-order chi connectivity index (χ1) is 14.5. The minimum atomic E-state index is -0.161. The molecule has 3 aromatic carbocycles. The number of benzene rings is 3. The summed E-state index contributed by atoms with van der Waals surface area (Å²) in [6.45, 7) is 5.58. The summed E-state index contributed by atoms with van der Waals surface area (Å²) in [5.74, 6) is -0.284. The molecule has 6 nitrogen and oxygen atoms in total. The molecule has 2 amide bonds. The van der Waals surface area contributed by atoms with Gasteiger partial charge < -0.3 is 15.1 Å². The van der Waals surface area contributed by atoms with Gasteiger partial charge in [-0.15, -0.1) is 0 Å². The molecule has 0 fully saturated rings. The maximum Gasteiger partial charge on any atom is 0.267 e. The van der Waals surface area contributed by atoms with E-state index in [-0.39, 0.29) is 18.4 Å². The predicted molar refractivity (Wildman–Crippen MR) is 121 cm³/mol. The van der Waals surface area contributed by atoms with Gasteiger partial charge in [0, 0.05) is 24.5 Å². The molecule has 0 saturated carbocycles. The van der Waals surface area contributed by atoms with Gasteiger partial charge in [-0.1, -0.05) is 53.7 Å². The highest BCUT2D eigenvalue weighted by Gasteiger charge is 2.16. The number of oxime groups is 1. The van der Waals surface area contributed by atoms with Crippen LogP contribution in [0.1, 0.15) is 26.3 Å². The molecule has 0 bridgehead atoms. The minimum Gasteiger partial charge on any atom is -0.385 e. The van der Waals surface area contributed by atoms with Gasteiger partial charge in [0.1, 0.15) is 0 Å². The van der Waals surface area contributed by atoms with Crippen LogP contribution in [-0.4, -0.2) is 30.7 Å². The number of hydrogen-bond donors (Lipinski definition) is 1. The van der Waals surface area contributed by atoms with Crippen molar-refractivity contribution in [1.82, 2.24) is 0 Å². The van der Waals surface area contributed by atoms with E-state index >= 15 is 0 Å². The molecule has 0 saturated heterocycles. The van der Waals surface area contributed by atoms with Gasteiger partial charge in [0.2, 0.25) is 5.91 Å². The van der Waals surface area contributed by atoms with E-state index in [0.717, 1.165) is 22.0 Å². The molecule has 1 N–H and O–H groups in total. The number of anilines is 2. The molecule has 6 heteroatoms. The van der Waals surface area contributed by atoms with Crippen LogP contribution in [0.2, 0.25) is 0 Å². The number of likely N-dealkylation sites (N-methyl/N-ethyl adjacent to an activating group) is 1. The maximum atomic E-state index is 12.8. The maximum absolute atomic E-state index is 12.8. The van der Waals surface area contributed by atoms with Crippen LogP contribution in [0.25, 0.3) is 10.8 Å². The van der Waals surface area contributed by atoms with Crippen molar-refractivity contribution in [1.29, 1.82) is 0 Å². The fourth-order valence-corrected chi connectivity index (χ4v) is 3.24. The SMILES string of the molecule is CCN(C(=O)CO/N=C(\C)c1ccc(NC(C)=O)cc1)c1cccc2ccccc12. The zero-order valence-electron chi connectivity index (χ0n) is 17.4. The van der Waals surface area contributed by atoms with E-state index in [4.69, 9.17) is 4.84 Å². The Balaban J connectivity index is 1.67. The molecule has 0 unspecified atom stereocenters. The molecule has 3 aromatic rings. The Bertz CT molecular complexity index is 1070. The van der Waals surface area contributed by atoms with Crippen molar-refractivity contribution in [2.75, 3.05) is 23.4 Å². The van der Waals surface area contributed by atoms with E-state index in [9.17, 15) is 9.59 Å². The highest BCUT2D eigenvalue weighted by atomic mass is 16.6. The Hall–Kier alpha value is -3.67. The van der Waals surface area contributed by atoms with Crippen LogP contribution in [0.15, 0.2) is 71.9 Å². The molecule has 0 aromatic heterocycles. The molecule has 0 radical (unpaired) electrons. The van der Waals surface area contributed by atoms with Crippen LogP contribution in [0, 0.1) is 0 Å². The second kappa shape index (κ2) is 9.69. The van der Waals surface area contributed by atoms with E-state index in [1.54, 1.807) is 24.0 Å². The van der Waals surface area contributed by atoms with Crippen LogP contribution >= 0.6 is 0 Å². The second-order valence-corrected chi connectivity index (χ2v) is 6.84. The monoisotopic (exact) mass is 403 g/mol. The van der Waals surface area contributed by atoms with Crippen LogP contribution in [-0.2, 0) is 14.4 Å². The number of carbonyl (C=O) groups is 2. The Morgan fingerprint density at radius 2 is 1.67 bits per heavy atom. The van der Waals surface area contributed by atoms with Crippen molar-refractivity contribution < 1.29 is 14.4 Å². The molecular formula is C24H25N3O3. The Morgan fingerprint density at radius 1 is 0.967 bits per heavy atom. The standard InChI is InChI=1S/C24H25N3O3/c1-4-27(23-11-7-9-20-8-5-6-10-22(20)23)24(29)16-30-26-17(2)19-12-14-21(15-13-19)25-18(3)28/h5-15H,4,16H2,1-3H3,(H,25,28)/b26-17+. The second-order valence-electron chi connectivity index (χ2n) is 6.84. The normalized spacial score (nSPS) is 11.2. The highest BCUT2D eigenvalue weighted by Crippen LogP contribution is 2.26. The fraction of sp³-hybridized carbons (Fsp3) is 0.208. The molecule has 0 aliphatic heterocycles. The van der Waals surface area contributed by atoms with E-state index in [2.05, 4.69) is 10.5 Å². The van der Waals surface area contributed by atoms with E-state index in [1.807, 2.05) is 61.5 Å². The summed E-state index contributed by atoms with van der Waals surface area (Å²) in [7, 11) is 0. The average Bonchev–Trinajstić information content (AvgIpc) is 2.74. The molecular weight excluding hydrogens is 378 g/mol. The number of amides is 2. The van der Waals surface area contributed by atoms with Gasteiger partial charge in [0.15, 0.2) is 6.61 Å². The van der Waals surface area contributed by atoms with Crippen molar-refractivity contribution in [3.63, 3.8) is 0 Å². The zero-order chi connectivity index (χ0) is 21.5. The van der Waals surface area contributed by atoms with E-state index < -0.39 is 0 Å². The Labute approximate surface area is 176 Å². The molecule has 154 valence electrons. The topological polar surface area (TPSA) is 71.0 Å². The minimum absolute atomic E-state index is 0.123. The molecule has 0 aliphatic carbocycles. The summed E-state index contributed by atoms with van der Waals surface area (Å²) >= 11 is 0. The predicted octanol–water partition coefficient (Wildman–Crippen LogP) is 4.59. The summed E-state index contributed by atoms with van der Waals surface area (Å²) < 4.78 is 0. The lowest BCUT2D eigenvalue weighted by molar-refractivity contribution is -0.123. The smallest absolute Gasteiger partial charge is 0.267 e. The number of carbonyl (C=O) groups excluding carboxylic acids is 2. The third kappa shape index (κ3) is 5.03. The van der Waals surface area contributed by atoms with Crippen molar-refractivity contribution in [2.45, 2.75) is 20.8 Å². The van der Waals surface area contributed by atoms with Crippen molar-refractivity contribution in [3.8, 4) is 0 Å². The number of hydrogen-bond acceptors (Lipinski definition) is 4. The molecule has 30 heavy (non-hydrogen) atoms. The first kappa shape index (κ1) is 21.0. The third-order valence-electron chi connectivity index (χ3n) is 4.69. The lowest BCUT2D eigenvalue weighted by Gasteiger charge is -2.22. The Morgan fingerprint density at radius 3 is 2.37 bits per heavy atom. The Kier molecular flexibility index (Phi) is 6.80. The van der Waals surface area contributed by atoms with Gasteiger partial charge in [-0.3, -0.25) is 9.59 Å². The summed E-state index contributed by atoms with van der Waals surface area (Å²) in [4.78, 5) is 30.9. The van der Waals surface area contributed by atoms with Crippen LogP contribution in [0.3, 0.4) is 0 Å². The van der Waals surface area contributed by atoms with Gasteiger partial charge in [0.05, 0.1) is 11.4 Å². The van der Waals surface area contributed by atoms with Crippen molar-refractivity contribution in [3.05, 3.63) is 72.3 Å². The molecule has 0 spiro atoms. The van der Waals surface area contributed by atoms with Crippen molar-refractivity contribution >= 4 is 39.7 Å². The highest BCUT2D eigenvalue weighted by molar-refractivity contribution is 6.04. The van der Waals surface area contributed by atoms with Gasteiger partial charge in [0.25, 0.3) is 5.91 Å². The first-order valence-electron chi connectivity index (χ1n) is 9.82. The molecule has 0 heterocycles. The first-order valence-corrected chi connectivity index (χ1v) is 9.82. The molecule has 0 aliphatic rings. The van der Waals surface area contributed by atoms with Gasteiger partial charge in [-0.2, -0.15) is 0 Å². The molecule has 3 rings (SSSR count). The van der Waals surface area contributed by atoms with Gasteiger partial charge in [-0.05, 0) is 43.0 Å². The lowest BCUT2D eigenvalue weighted by Crippen LogP contribution is -2.33. The summed E-state index contributed by atoms with van der Waals surface area (Å²) in [6.07, 6.45) is 0. The summed E-state index contributed by atoms with van der Waals surface area (Å²) in [5, 5.41) is 8.90. The summed E-state index contributed by atoms with van der Waals surface area (Å²) in [6, 6.07) is 21.1. The van der Waals surface area contributed by atoms with E-state index in [1.165, 1.54) is 6.92 Å². The van der Waals surface area contributed by atoms with E-state index in [0.29, 0.717) is 17.9 Å². The number of fused-ring (bicyclic) bond motifs is 1. The third-order valence-corrected chi connectivity index (χ3v) is 4.69. The summed E-state index contributed by atoms with van der Waals surface area (Å²) in [5.41, 5.74) is 3.06. The average molecular weight is 403 g/mol. The fourth-order valence-electron chi connectivity index (χ4n) is 3.24. The van der Waals surface area contributed by atoms with Crippen molar-refractivity contribution in [2.24, 2.45) is 5.16 Å². The molecule has 0 atom stereocenters. The van der Waals surface area contributed by atoms with Crippen LogP contribution in [0.5, 0.6) is 0 Å². The lowest BCUT2D eigenvalue weighted by atomic mass is 10.1. The number of nitrogens with zero attached hydrogens (tertiary/aromatic N) is 2. The van der Waals surface area contributed by atoms with Crippen LogP contribution in [0.4, 0.5) is 11.4 Å². The number of rotatable bonds is 7. The quantitative estimate of drug-likeness (QED) is 0.463.